The van der Waals surface area contributed by atoms with Crippen molar-refractivity contribution in [1.82, 2.24) is 24.6 Å². The van der Waals surface area contributed by atoms with E-state index >= 15 is 0 Å². The van der Waals surface area contributed by atoms with E-state index in [0.717, 1.165) is 30.5 Å². The number of carbonyl (C=O) groups excluding carboxylic acids is 1. The largest absolute Gasteiger partial charge is 0.465 e. The lowest BCUT2D eigenvalue weighted by molar-refractivity contribution is -0.125. The number of benzene rings is 1. The molecule has 4 rings (SSSR count). The van der Waals surface area contributed by atoms with E-state index in [1.54, 1.807) is 28.9 Å². The summed E-state index contributed by atoms with van der Waals surface area (Å²) >= 11 is 0. The van der Waals surface area contributed by atoms with Gasteiger partial charge in [0, 0.05) is 13.1 Å². The van der Waals surface area contributed by atoms with Crippen LogP contribution in [0, 0.1) is 6.92 Å². The van der Waals surface area contributed by atoms with E-state index in [1.807, 2.05) is 19.9 Å². The molecule has 1 aliphatic rings. The molecule has 1 aromatic carbocycles. The summed E-state index contributed by atoms with van der Waals surface area (Å²) in [5, 5.41) is 11.0. The number of hydrogen-bond donors (Lipinski definition) is 1. The van der Waals surface area contributed by atoms with Gasteiger partial charge in [-0.1, -0.05) is 18.6 Å². The van der Waals surface area contributed by atoms with Crippen molar-refractivity contribution in [2.24, 2.45) is 0 Å². The highest BCUT2D eigenvalue weighted by Gasteiger charge is 2.37. The molecule has 1 amide bonds. The van der Waals surface area contributed by atoms with Gasteiger partial charge in [-0.3, -0.25) is 4.79 Å². The molecule has 3 aromatic rings. The van der Waals surface area contributed by atoms with Gasteiger partial charge in [-0.2, -0.15) is 4.31 Å². The molecule has 1 N–H and O–H groups in total. The number of amides is 1. The number of nitrogens with zero attached hydrogens (tertiary/aromatic N) is 4. The third-order valence-corrected chi connectivity index (χ3v) is 7.42. The molecular formula is C21H27N5O4S. The van der Waals surface area contributed by atoms with Gasteiger partial charge in [0.2, 0.25) is 15.9 Å². The monoisotopic (exact) mass is 445 g/mol. The Morgan fingerprint density at radius 2 is 2.10 bits per heavy atom. The van der Waals surface area contributed by atoms with E-state index in [2.05, 4.69) is 15.6 Å². The number of rotatable bonds is 7. The summed E-state index contributed by atoms with van der Waals surface area (Å²) in [4.78, 5) is 13.0. The molecule has 1 aliphatic heterocycles. The number of furan rings is 1. The Balaban J connectivity index is 1.56. The van der Waals surface area contributed by atoms with Crippen molar-refractivity contribution in [3.8, 4) is 0 Å². The average molecular weight is 446 g/mol. The Kier molecular flexibility index (Phi) is 6.10. The number of nitrogens with one attached hydrogen (secondary N) is 1. The van der Waals surface area contributed by atoms with Crippen LogP contribution in [0.5, 0.6) is 0 Å². The van der Waals surface area contributed by atoms with Gasteiger partial charge in [-0.05, 0) is 56.5 Å². The highest BCUT2D eigenvalue weighted by Crippen LogP contribution is 2.27. The number of aryl methyl sites for hydroxylation is 2. The van der Waals surface area contributed by atoms with Crippen molar-refractivity contribution in [3.63, 3.8) is 0 Å². The van der Waals surface area contributed by atoms with Crippen LogP contribution in [0.4, 0.5) is 0 Å². The van der Waals surface area contributed by atoms with Gasteiger partial charge in [0.25, 0.3) is 0 Å². The molecule has 166 valence electrons. The van der Waals surface area contributed by atoms with E-state index in [-0.39, 0.29) is 17.3 Å². The fraction of sp³-hybridized carbons (Fsp3) is 0.476. The predicted octanol–water partition coefficient (Wildman–Crippen LogP) is 2.60. The Bertz CT molecular complexity index is 1180. The molecule has 1 atom stereocenters. The molecule has 0 radical (unpaired) electrons. The SMILES string of the molecule is CCCn1nnc2cc(S(=O)(=O)N3CCCCC3C(=O)NCc3ccc(C)o3)ccc21. The molecule has 0 saturated carbocycles. The van der Waals surface area contributed by atoms with Crippen molar-refractivity contribution >= 4 is 27.0 Å². The molecule has 10 heteroatoms. The summed E-state index contributed by atoms with van der Waals surface area (Å²) in [6.45, 7) is 5.12. The van der Waals surface area contributed by atoms with Crippen molar-refractivity contribution in [3.05, 3.63) is 41.9 Å². The maximum atomic E-state index is 13.4. The standard InChI is InChI=1S/C21H27N5O4S/c1-3-11-25-19-10-9-17(13-18(19)23-24-25)31(28,29)26-12-5-4-6-20(26)21(27)22-14-16-8-7-15(2)30-16/h7-10,13,20H,3-6,11-12,14H2,1-2H3,(H,22,27). The molecule has 1 fully saturated rings. The van der Waals surface area contributed by atoms with Crippen LogP contribution >= 0.6 is 0 Å². The lowest BCUT2D eigenvalue weighted by Crippen LogP contribution is -2.51. The van der Waals surface area contributed by atoms with Crippen molar-refractivity contribution in [1.29, 1.82) is 0 Å². The van der Waals surface area contributed by atoms with Gasteiger partial charge >= 0.3 is 0 Å². The van der Waals surface area contributed by atoms with Crippen molar-refractivity contribution < 1.29 is 17.6 Å². The van der Waals surface area contributed by atoms with Crippen LogP contribution in [0.1, 0.15) is 44.1 Å². The molecule has 1 unspecified atom stereocenters. The van der Waals surface area contributed by atoms with Crippen LogP contribution in [-0.2, 0) is 27.9 Å². The van der Waals surface area contributed by atoms with E-state index in [1.165, 1.54) is 4.31 Å². The summed E-state index contributed by atoms with van der Waals surface area (Å²) in [7, 11) is -3.86. The summed E-state index contributed by atoms with van der Waals surface area (Å²) in [5.41, 5.74) is 1.32. The molecule has 3 heterocycles. The maximum absolute atomic E-state index is 13.4. The second kappa shape index (κ2) is 8.80. The lowest BCUT2D eigenvalue weighted by Gasteiger charge is -2.33. The first kappa shape index (κ1) is 21.5. The number of piperidine rings is 1. The summed E-state index contributed by atoms with van der Waals surface area (Å²) < 4.78 is 35.4. The first-order valence-corrected chi connectivity index (χ1v) is 12.0. The highest BCUT2D eigenvalue weighted by molar-refractivity contribution is 7.89. The van der Waals surface area contributed by atoms with Crippen LogP contribution in [0.2, 0.25) is 0 Å². The van der Waals surface area contributed by atoms with E-state index < -0.39 is 16.1 Å². The number of hydrogen-bond acceptors (Lipinski definition) is 6. The summed E-state index contributed by atoms with van der Waals surface area (Å²) in [5.74, 6) is 1.08. The Labute approximate surface area is 181 Å². The molecule has 9 nitrogen and oxygen atoms in total. The zero-order chi connectivity index (χ0) is 22.0. The second-order valence-electron chi connectivity index (χ2n) is 7.82. The van der Waals surface area contributed by atoms with E-state index in [9.17, 15) is 13.2 Å². The minimum atomic E-state index is -3.86. The van der Waals surface area contributed by atoms with Crippen molar-refractivity contribution in [2.45, 2.75) is 63.6 Å². The first-order valence-electron chi connectivity index (χ1n) is 10.6. The van der Waals surface area contributed by atoms with Gasteiger partial charge in [0.15, 0.2) is 0 Å². The molecule has 0 aliphatic carbocycles. The third-order valence-electron chi connectivity index (χ3n) is 5.52. The van der Waals surface area contributed by atoms with E-state index in [0.29, 0.717) is 30.8 Å². The van der Waals surface area contributed by atoms with Gasteiger partial charge in [-0.25, -0.2) is 13.1 Å². The first-order chi connectivity index (χ1) is 14.9. The number of fused-ring (bicyclic) bond motifs is 1. The fourth-order valence-corrected chi connectivity index (χ4v) is 5.63. The second-order valence-corrected chi connectivity index (χ2v) is 9.71. The predicted molar refractivity (Wildman–Crippen MR) is 115 cm³/mol. The quantitative estimate of drug-likeness (QED) is 0.599. The number of aromatic nitrogens is 3. The normalized spacial score (nSPS) is 17.8. The molecular weight excluding hydrogens is 418 g/mol. The lowest BCUT2D eigenvalue weighted by atomic mass is 10.0. The summed E-state index contributed by atoms with van der Waals surface area (Å²) in [6.07, 6.45) is 2.90. The maximum Gasteiger partial charge on any atom is 0.243 e. The molecule has 1 saturated heterocycles. The average Bonchev–Trinajstić information content (AvgIpc) is 3.38. The molecule has 2 aromatic heterocycles. The Morgan fingerprint density at radius 3 is 2.84 bits per heavy atom. The smallest absolute Gasteiger partial charge is 0.243 e. The van der Waals surface area contributed by atoms with Crippen LogP contribution in [0.25, 0.3) is 11.0 Å². The van der Waals surface area contributed by atoms with Crippen LogP contribution in [-0.4, -0.2) is 46.2 Å². The third kappa shape index (κ3) is 4.35. The zero-order valence-electron chi connectivity index (χ0n) is 17.7. The number of sulfonamides is 1. The van der Waals surface area contributed by atoms with Crippen LogP contribution in [0.3, 0.4) is 0 Å². The minimum absolute atomic E-state index is 0.130. The Hall–Kier alpha value is -2.72. The van der Waals surface area contributed by atoms with E-state index in [4.69, 9.17) is 4.42 Å². The van der Waals surface area contributed by atoms with Crippen LogP contribution in [0.15, 0.2) is 39.6 Å². The number of carbonyl (C=O) groups is 1. The highest BCUT2D eigenvalue weighted by atomic mass is 32.2. The van der Waals surface area contributed by atoms with Gasteiger partial charge in [0.1, 0.15) is 23.1 Å². The molecule has 0 spiro atoms. The summed E-state index contributed by atoms with van der Waals surface area (Å²) in [6, 6.07) is 7.72. The van der Waals surface area contributed by atoms with Crippen molar-refractivity contribution in [2.75, 3.05) is 6.54 Å². The van der Waals surface area contributed by atoms with Gasteiger partial charge < -0.3 is 9.73 Å². The fourth-order valence-electron chi connectivity index (χ4n) is 3.95. The minimum Gasteiger partial charge on any atom is -0.465 e. The van der Waals surface area contributed by atoms with Crippen LogP contribution < -0.4 is 5.32 Å². The van der Waals surface area contributed by atoms with Gasteiger partial charge in [-0.15, -0.1) is 5.10 Å². The topological polar surface area (TPSA) is 110 Å². The zero-order valence-corrected chi connectivity index (χ0v) is 18.6. The van der Waals surface area contributed by atoms with Gasteiger partial charge in [0.05, 0.1) is 17.0 Å². The molecule has 31 heavy (non-hydrogen) atoms. The Morgan fingerprint density at radius 1 is 1.26 bits per heavy atom. The molecule has 0 bridgehead atoms.